The molecule has 0 spiro atoms. The summed E-state index contributed by atoms with van der Waals surface area (Å²) in [4.78, 5) is 124. The molecule has 17 nitrogen and oxygen atoms in total. The zero-order valence-corrected chi connectivity index (χ0v) is 49.2. The third kappa shape index (κ3) is 10.3. The minimum absolute atomic E-state index is 0.0209. The molecule has 6 saturated carbocycles. The van der Waals surface area contributed by atoms with E-state index in [4.69, 9.17) is 28.8 Å². The molecule has 2 N–H and O–H groups in total. The molecule has 0 aromatic carbocycles. The predicted molar refractivity (Wildman–Crippen MR) is 289 cm³/mol. The van der Waals surface area contributed by atoms with Gasteiger partial charge in [-0.1, -0.05) is 92.5 Å². The smallest absolute Gasteiger partial charge is 0.306 e. The number of ether oxygens (including phenoxy) is 5. The molecule has 0 amide bonds. The van der Waals surface area contributed by atoms with Crippen molar-refractivity contribution in [3.8, 4) is 0 Å². The van der Waals surface area contributed by atoms with Crippen molar-refractivity contribution in [3.63, 3.8) is 0 Å². The second-order valence-electron chi connectivity index (χ2n) is 24.4. The molecule has 16 atom stereocenters. The summed E-state index contributed by atoms with van der Waals surface area (Å²) in [5.74, 6) is -8.11. The average molecular weight is 1140 g/mol. The van der Waals surface area contributed by atoms with E-state index in [0.29, 0.717) is 49.7 Å². The van der Waals surface area contributed by atoms with Gasteiger partial charge >= 0.3 is 35.8 Å². The van der Waals surface area contributed by atoms with E-state index in [1.165, 1.54) is 24.3 Å². The lowest BCUT2D eigenvalue weighted by Crippen LogP contribution is -2.70. The predicted octanol–water partition coefficient (Wildman–Crippen LogP) is 9.08. The number of carbonyl (C=O) groups is 10. The fraction of sp³-hybridized carbons (Fsp3) is 0.710. The normalized spacial score (nSPS) is 39.2. The van der Waals surface area contributed by atoms with Gasteiger partial charge in [-0.3, -0.25) is 47.9 Å². The Morgan fingerprint density at radius 2 is 0.926 bits per heavy atom. The van der Waals surface area contributed by atoms with Crippen LogP contribution in [-0.2, 0) is 71.6 Å². The van der Waals surface area contributed by atoms with Gasteiger partial charge in [0.1, 0.15) is 6.10 Å². The van der Waals surface area contributed by atoms with Crippen molar-refractivity contribution >= 4 is 58.9 Å². The second-order valence-corrected chi connectivity index (χ2v) is 24.4. The summed E-state index contributed by atoms with van der Waals surface area (Å²) >= 11 is 0. The number of carboxylic acids is 1. The van der Waals surface area contributed by atoms with Gasteiger partial charge in [0.25, 0.3) is 0 Å². The van der Waals surface area contributed by atoms with E-state index in [-0.39, 0.29) is 68.9 Å². The number of ketones is 4. The number of aliphatic hydroxyl groups is 1. The quantitative estimate of drug-likeness (QED) is 0.114. The number of aliphatic hydroxyl groups excluding tert-OH is 1. The number of Topliss-reactive ketones (excluding diaryl/α,β-unsaturated/α-hetero) is 2. The lowest BCUT2D eigenvalue weighted by molar-refractivity contribution is -0.236. The van der Waals surface area contributed by atoms with Crippen LogP contribution in [0, 0.1) is 57.2 Å². The van der Waals surface area contributed by atoms with Gasteiger partial charge in [-0.15, -0.1) is 0 Å². The molecule has 8 aliphatic carbocycles. The van der Waals surface area contributed by atoms with Crippen molar-refractivity contribution in [3.05, 3.63) is 47.6 Å². The molecule has 0 radical (unpaired) electrons. The van der Waals surface area contributed by atoms with Crippen LogP contribution in [0.1, 0.15) is 173 Å². The van der Waals surface area contributed by atoms with Crippen LogP contribution in [0.4, 0.5) is 8.78 Å². The highest BCUT2D eigenvalue weighted by Gasteiger charge is 2.80. The van der Waals surface area contributed by atoms with Gasteiger partial charge in [0.05, 0.1) is 6.10 Å². The topological polar surface area (TPSA) is 257 Å². The largest absolute Gasteiger partial charge is 0.481 e. The van der Waals surface area contributed by atoms with Gasteiger partial charge in [0.15, 0.2) is 47.3 Å². The van der Waals surface area contributed by atoms with Crippen molar-refractivity contribution in [1.29, 1.82) is 0 Å². The van der Waals surface area contributed by atoms with Crippen LogP contribution >= 0.6 is 0 Å². The third-order valence-corrected chi connectivity index (χ3v) is 20.5. The van der Waals surface area contributed by atoms with E-state index in [1.807, 2.05) is 20.8 Å². The van der Waals surface area contributed by atoms with E-state index in [2.05, 4.69) is 0 Å². The molecule has 0 aromatic rings. The van der Waals surface area contributed by atoms with Crippen LogP contribution in [0.3, 0.4) is 0 Å². The fourth-order valence-corrected chi connectivity index (χ4v) is 16.3. The number of hydrogen-bond donors (Lipinski definition) is 2. The number of carboxylic acid groups (broad SMARTS) is 1. The first kappa shape index (κ1) is 64.4. The molecule has 0 bridgehead atoms. The number of esters is 5. The van der Waals surface area contributed by atoms with Crippen molar-refractivity contribution < 1.29 is 90.6 Å². The molecule has 0 saturated heterocycles. The van der Waals surface area contributed by atoms with Crippen LogP contribution in [-0.4, -0.2) is 117 Å². The van der Waals surface area contributed by atoms with E-state index >= 15 is 8.78 Å². The number of carbonyl (C=O) groups excluding carboxylic acids is 9. The van der Waals surface area contributed by atoms with E-state index < -0.39 is 147 Å². The maximum Gasteiger partial charge on any atom is 0.306 e. The van der Waals surface area contributed by atoms with Crippen LogP contribution in [0.5, 0.6) is 0 Å². The van der Waals surface area contributed by atoms with Gasteiger partial charge in [0, 0.05) is 83.9 Å². The molecule has 0 aliphatic heterocycles. The fourth-order valence-electron chi connectivity index (χ4n) is 16.3. The zero-order chi connectivity index (χ0) is 60.6. The minimum atomic E-state index is -2.06. The molecule has 8 aliphatic rings. The summed E-state index contributed by atoms with van der Waals surface area (Å²) in [6.45, 7) is 19.3. The summed E-state index contributed by atoms with van der Waals surface area (Å²) in [5.41, 5.74) is -10.7. The molecule has 8 rings (SSSR count). The van der Waals surface area contributed by atoms with Crippen molar-refractivity contribution in [2.75, 3.05) is 13.2 Å². The van der Waals surface area contributed by atoms with Crippen molar-refractivity contribution in [2.45, 2.75) is 208 Å². The molecular weight excluding hydrogens is 1050 g/mol. The molecular formula is C62H84F2O17. The Hall–Kier alpha value is -5.72. The Morgan fingerprint density at radius 1 is 0.556 bits per heavy atom. The lowest BCUT2D eigenvalue weighted by Gasteiger charge is -2.63. The number of hydrogen-bond acceptors (Lipinski definition) is 16. The Balaban J connectivity index is 0.000000242. The molecule has 0 heterocycles. The van der Waals surface area contributed by atoms with Gasteiger partial charge < -0.3 is 33.9 Å². The molecule has 19 heteroatoms. The summed E-state index contributed by atoms with van der Waals surface area (Å²) in [6, 6.07) is 0. The Bertz CT molecular complexity index is 2690. The number of fused-ring (bicyclic) bond motifs is 10. The Morgan fingerprint density at radius 3 is 1.31 bits per heavy atom. The first-order valence-electron chi connectivity index (χ1n) is 29.0. The van der Waals surface area contributed by atoms with Crippen LogP contribution in [0.15, 0.2) is 47.6 Å². The SMILES string of the molecule is CCC(=O)O.CCC(=O)OCC(=O)[C@@]1(OC(=O)CC)[C@@H](C)C[C@H]2[C@@H]3CCC4=CC(=O)C=C[C@]4(C)C3(F)[C@@H](O)C[C@@]21C.CCC(=O)OCC(=O)[C@@]1(OC(=O)CC)[C@@H](C)C[C@H]2[C@@H]3CCC4=CC(=O)C=C[C@]4(C)C3(F)[C@@H](OC(=O)CC)C[C@@]21C. The summed E-state index contributed by atoms with van der Waals surface area (Å²) in [6.07, 6.45) is 9.03. The first-order chi connectivity index (χ1) is 37.8. The van der Waals surface area contributed by atoms with E-state index in [1.54, 1.807) is 74.5 Å². The molecule has 6 fully saturated rings. The maximum absolute atomic E-state index is 18.1. The number of rotatable bonds is 15. The van der Waals surface area contributed by atoms with Crippen molar-refractivity contribution in [1.82, 2.24) is 0 Å². The number of aliphatic carboxylic acids is 1. The average Bonchev–Trinajstić information content (AvgIpc) is 4.08. The highest BCUT2D eigenvalue weighted by molar-refractivity contribution is 6.02. The molecule has 81 heavy (non-hydrogen) atoms. The van der Waals surface area contributed by atoms with E-state index in [9.17, 15) is 53.1 Å². The van der Waals surface area contributed by atoms with Crippen molar-refractivity contribution in [2.24, 2.45) is 57.2 Å². The first-order valence-corrected chi connectivity index (χ1v) is 29.0. The second kappa shape index (κ2) is 23.9. The highest BCUT2D eigenvalue weighted by Crippen LogP contribution is 2.74. The number of allylic oxidation sites excluding steroid dienone is 8. The molecule has 0 aromatic heterocycles. The van der Waals surface area contributed by atoms with Gasteiger partial charge in [-0.05, 0) is 101 Å². The van der Waals surface area contributed by atoms with Crippen LogP contribution in [0.2, 0.25) is 0 Å². The molecule has 448 valence electrons. The molecule has 2 unspecified atom stereocenters. The lowest BCUT2D eigenvalue weighted by atomic mass is 9.44. The standard InChI is InChI=1S/C31H41FO8.C28H37FO7.C3H6O2/c1-7-25(35)38-17-23(34)31(40-27(37)9-3)18(4)14-22-21-11-10-19-15-20(33)12-13-28(19,5)30(21,32)24(16-29(22,31)6)39-26(36)8-2;1-6-23(33)35-15-22(32)28(36-24(34)7-2)16(3)12-20-19-9-8-17-13-18(30)10-11-25(17,4)27(19,29)21(31)14-26(20,28)5;1-2-3(4)5/h12-13,15,18,21-22,24H,7-11,14,16-17H2,1-6H3;10-11,13,16,19-21,31H,6-9,12,14-15H2,1-5H3;2H2,1H3,(H,4,5)/t18-,21-,22-,24-,28-,29-,30?,31-;16-,19-,20-,21-,25-,26-,27?,28-;/m00./s1. The number of halogens is 2. The van der Waals surface area contributed by atoms with Gasteiger partial charge in [-0.25, -0.2) is 8.78 Å². The Kier molecular flexibility index (Phi) is 19.0. The monoisotopic (exact) mass is 1140 g/mol. The summed E-state index contributed by atoms with van der Waals surface area (Å²) in [7, 11) is 0. The highest BCUT2D eigenvalue weighted by atomic mass is 19.1. The third-order valence-electron chi connectivity index (χ3n) is 20.5. The summed E-state index contributed by atoms with van der Waals surface area (Å²) < 4.78 is 63.8. The number of alkyl halides is 2. The van der Waals surface area contributed by atoms with Gasteiger partial charge in [-0.2, -0.15) is 0 Å². The minimum Gasteiger partial charge on any atom is -0.481 e. The Labute approximate surface area is 473 Å². The zero-order valence-electron chi connectivity index (χ0n) is 49.2. The summed E-state index contributed by atoms with van der Waals surface area (Å²) in [5, 5.41) is 19.3. The van der Waals surface area contributed by atoms with E-state index in [0.717, 1.165) is 0 Å². The van der Waals surface area contributed by atoms with Gasteiger partial charge in [0.2, 0.25) is 11.6 Å². The van der Waals surface area contributed by atoms with Crippen LogP contribution in [0.25, 0.3) is 0 Å². The maximum atomic E-state index is 18.1. The van der Waals surface area contributed by atoms with Crippen LogP contribution < -0.4 is 0 Å².